The van der Waals surface area contributed by atoms with Gasteiger partial charge in [0.1, 0.15) is 0 Å². The minimum absolute atomic E-state index is 0.0902. The van der Waals surface area contributed by atoms with Crippen molar-refractivity contribution in [2.75, 3.05) is 19.5 Å². The summed E-state index contributed by atoms with van der Waals surface area (Å²) in [5, 5.41) is 3.51. The number of ether oxygens (including phenoxy) is 2. The summed E-state index contributed by atoms with van der Waals surface area (Å²) in [6.45, 7) is 11.0. The molecule has 1 aromatic rings. The van der Waals surface area contributed by atoms with Crippen LogP contribution in [0.5, 0.6) is 0 Å². The standard InChI is InChI=1S/C17H29NO2/c1-11(2)14-8-9-16(15(10-14)12(3)4)18-13(5)17(19-6)20-7/h8-13,17-18H,1-7H3. The Hall–Kier alpha value is -1.06. The number of hydrogen-bond acceptors (Lipinski definition) is 3. The van der Waals surface area contributed by atoms with Gasteiger partial charge >= 0.3 is 0 Å². The van der Waals surface area contributed by atoms with Crippen LogP contribution in [0.1, 0.15) is 57.6 Å². The molecule has 20 heavy (non-hydrogen) atoms. The zero-order valence-electron chi connectivity index (χ0n) is 13.9. The first-order valence-electron chi connectivity index (χ1n) is 7.36. The van der Waals surface area contributed by atoms with Crippen LogP contribution < -0.4 is 5.32 Å². The highest BCUT2D eigenvalue weighted by atomic mass is 16.7. The van der Waals surface area contributed by atoms with Crippen LogP contribution in [0, 0.1) is 0 Å². The summed E-state index contributed by atoms with van der Waals surface area (Å²) in [4.78, 5) is 0. The van der Waals surface area contributed by atoms with Gasteiger partial charge in [-0.05, 0) is 36.0 Å². The maximum Gasteiger partial charge on any atom is 0.176 e. The third-order valence-corrected chi connectivity index (χ3v) is 3.62. The molecule has 1 rings (SSSR count). The van der Waals surface area contributed by atoms with Gasteiger partial charge in [0, 0.05) is 19.9 Å². The molecule has 0 fully saturated rings. The van der Waals surface area contributed by atoms with Crippen LogP contribution in [0.25, 0.3) is 0 Å². The van der Waals surface area contributed by atoms with E-state index in [0.717, 1.165) is 5.69 Å². The Morgan fingerprint density at radius 1 is 0.900 bits per heavy atom. The Morgan fingerprint density at radius 3 is 1.95 bits per heavy atom. The smallest absolute Gasteiger partial charge is 0.176 e. The van der Waals surface area contributed by atoms with Crippen molar-refractivity contribution < 1.29 is 9.47 Å². The van der Waals surface area contributed by atoms with Crippen LogP contribution in [0.2, 0.25) is 0 Å². The molecule has 1 aromatic carbocycles. The monoisotopic (exact) mass is 279 g/mol. The lowest BCUT2D eigenvalue weighted by Gasteiger charge is -2.25. The van der Waals surface area contributed by atoms with Crippen molar-refractivity contribution in [2.45, 2.75) is 58.8 Å². The zero-order chi connectivity index (χ0) is 15.3. The minimum Gasteiger partial charge on any atom is -0.377 e. The topological polar surface area (TPSA) is 30.5 Å². The molecular formula is C17H29NO2. The van der Waals surface area contributed by atoms with Crippen LogP contribution in [-0.4, -0.2) is 26.6 Å². The largest absolute Gasteiger partial charge is 0.377 e. The highest BCUT2D eigenvalue weighted by Crippen LogP contribution is 2.29. The van der Waals surface area contributed by atoms with Gasteiger partial charge in [-0.25, -0.2) is 0 Å². The molecule has 3 nitrogen and oxygen atoms in total. The van der Waals surface area contributed by atoms with Crippen molar-refractivity contribution in [1.29, 1.82) is 0 Å². The first kappa shape index (κ1) is 17.0. The zero-order valence-corrected chi connectivity index (χ0v) is 13.9. The van der Waals surface area contributed by atoms with Gasteiger partial charge in [0.05, 0.1) is 6.04 Å². The predicted octanol–water partition coefficient (Wildman–Crippen LogP) is 4.35. The molecule has 0 spiro atoms. The van der Waals surface area contributed by atoms with Crippen LogP contribution in [0.3, 0.4) is 0 Å². The molecule has 1 N–H and O–H groups in total. The molecule has 0 heterocycles. The van der Waals surface area contributed by atoms with Gasteiger partial charge < -0.3 is 14.8 Å². The van der Waals surface area contributed by atoms with Crippen molar-refractivity contribution in [1.82, 2.24) is 0 Å². The van der Waals surface area contributed by atoms with Gasteiger partial charge in [0.15, 0.2) is 6.29 Å². The molecule has 0 saturated heterocycles. The van der Waals surface area contributed by atoms with Crippen molar-refractivity contribution in [2.24, 2.45) is 0 Å². The maximum atomic E-state index is 5.31. The Bertz CT molecular complexity index is 411. The first-order chi connectivity index (χ1) is 9.40. The molecule has 114 valence electrons. The Morgan fingerprint density at radius 2 is 1.50 bits per heavy atom. The summed E-state index contributed by atoms with van der Waals surface area (Å²) in [6.07, 6.45) is -0.250. The lowest BCUT2D eigenvalue weighted by molar-refractivity contribution is -0.109. The van der Waals surface area contributed by atoms with Gasteiger partial charge in [-0.3, -0.25) is 0 Å². The van der Waals surface area contributed by atoms with Crippen LogP contribution >= 0.6 is 0 Å². The second-order valence-corrected chi connectivity index (χ2v) is 5.93. The molecule has 0 saturated carbocycles. The summed E-state index contributed by atoms with van der Waals surface area (Å²) < 4.78 is 10.6. The SMILES string of the molecule is COC(OC)C(C)Nc1ccc(C(C)C)cc1C(C)C. The molecular weight excluding hydrogens is 250 g/mol. The highest BCUT2D eigenvalue weighted by Gasteiger charge is 2.18. The van der Waals surface area contributed by atoms with E-state index >= 15 is 0 Å². The summed E-state index contributed by atoms with van der Waals surface area (Å²) in [7, 11) is 3.33. The van der Waals surface area contributed by atoms with E-state index in [1.165, 1.54) is 11.1 Å². The fraction of sp³-hybridized carbons (Fsp3) is 0.647. The molecule has 3 heteroatoms. The highest BCUT2D eigenvalue weighted by molar-refractivity contribution is 5.55. The fourth-order valence-electron chi connectivity index (χ4n) is 2.37. The summed E-state index contributed by atoms with van der Waals surface area (Å²) in [5.41, 5.74) is 3.88. The molecule has 0 amide bonds. The van der Waals surface area contributed by atoms with Gasteiger partial charge in [0.2, 0.25) is 0 Å². The van der Waals surface area contributed by atoms with E-state index in [4.69, 9.17) is 9.47 Å². The van der Waals surface area contributed by atoms with Crippen molar-refractivity contribution in [3.63, 3.8) is 0 Å². The third-order valence-electron chi connectivity index (χ3n) is 3.62. The van der Waals surface area contributed by atoms with E-state index in [2.05, 4.69) is 58.1 Å². The van der Waals surface area contributed by atoms with E-state index < -0.39 is 0 Å². The Labute approximate surface area is 123 Å². The molecule has 0 aromatic heterocycles. The van der Waals surface area contributed by atoms with Crippen molar-refractivity contribution in [3.8, 4) is 0 Å². The second-order valence-electron chi connectivity index (χ2n) is 5.93. The molecule has 0 bridgehead atoms. The maximum absolute atomic E-state index is 5.31. The predicted molar refractivity (Wildman–Crippen MR) is 85.5 cm³/mol. The van der Waals surface area contributed by atoms with E-state index in [1.54, 1.807) is 14.2 Å². The number of methoxy groups -OCH3 is 2. The summed E-state index contributed by atoms with van der Waals surface area (Å²) in [5.74, 6) is 1.02. The second kappa shape index (κ2) is 7.65. The van der Waals surface area contributed by atoms with E-state index in [0.29, 0.717) is 11.8 Å². The van der Waals surface area contributed by atoms with Crippen LogP contribution in [-0.2, 0) is 9.47 Å². The molecule has 0 aliphatic rings. The summed E-state index contributed by atoms with van der Waals surface area (Å²) in [6, 6.07) is 6.76. The van der Waals surface area contributed by atoms with Crippen LogP contribution in [0.15, 0.2) is 18.2 Å². The fourth-order valence-corrected chi connectivity index (χ4v) is 2.37. The van der Waals surface area contributed by atoms with Crippen molar-refractivity contribution >= 4 is 5.69 Å². The Balaban J connectivity index is 2.99. The third kappa shape index (κ3) is 4.22. The van der Waals surface area contributed by atoms with Crippen molar-refractivity contribution in [3.05, 3.63) is 29.3 Å². The molecule has 0 radical (unpaired) electrons. The molecule has 1 atom stereocenters. The number of nitrogens with one attached hydrogen (secondary N) is 1. The number of rotatable bonds is 7. The lowest BCUT2D eigenvalue weighted by atomic mass is 9.94. The number of hydrogen-bond donors (Lipinski definition) is 1. The first-order valence-corrected chi connectivity index (χ1v) is 7.36. The summed E-state index contributed by atoms with van der Waals surface area (Å²) >= 11 is 0. The van der Waals surface area contributed by atoms with Gasteiger partial charge in [-0.1, -0.05) is 39.8 Å². The minimum atomic E-state index is -0.250. The molecule has 0 aliphatic heterocycles. The van der Waals surface area contributed by atoms with Gasteiger partial charge in [-0.15, -0.1) is 0 Å². The van der Waals surface area contributed by atoms with Gasteiger partial charge in [-0.2, -0.15) is 0 Å². The average Bonchev–Trinajstić information content (AvgIpc) is 2.39. The van der Waals surface area contributed by atoms with E-state index in [-0.39, 0.29) is 12.3 Å². The van der Waals surface area contributed by atoms with E-state index in [1.807, 2.05) is 0 Å². The van der Waals surface area contributed by atoms with E-state index in [9.17, 15) is 0 Å². The molecule has 1 unspecified atom stereocenters. The Kier molecular flexibility index (Phi) is 6.50. The lowest BCUT2D eigenvalue weighted by Crippen LogP contribution is -2.34. The van der Waals surface area contributed by atoms with Gasteiger partial charge in [0.25, 0.3) is 0 Å². The molecule has 0 aliphatic carbocycles. The average molecular weight is 279 g/mol. The number of anilines is 1. The number of benzene rings is 1. The van der Waals surface area contributed by atoms with Crippen LogP contribution in [0.4, 0.5) is 5.69 Å². The normalized spacial score (nSPS) is 13.3. The quantitative estimate of drug-likeness (QED) is 0.753.